The Kier molecular flexibility index (Phi) is 3.19. The first-order valence-corrected chi connectivity index (χ1v) is 11.1. The summed E-state index contributed by atoms with van der Waals surface area (Å²) < 4.78 is 0. The molecule has 4 rings (SSSR count). The average Bonchev–Trinajstić information content (AvgIpc) is 3.07. The molecule has 0 saturated heterocycles. The molecule has 22 heavy (non-hydrogen) atoms. The second-order valence-electron chi connectivity index (χ2n) is 6.73. The van der Waals surface area contributed by atoms with E-state index in [2.05, 4.69) is 74.6 Å². The van der Waals surface area contributed by atoms with E-state index in [9.17, 15) is 0 Å². The quantitative estimate of drug-likeness (QED) is 0.713. The van der Waals surface area contributed by atoms with Crippen molar-refractivity contribution in [1.82, 2.24) is 0 Å². The summed E-state index contributed by atoms with van der Waals surface area (Å²) in [5.74, 6) is 0.411. The highest BCUT2D eigenvalue weighted by Gasteiger charge is 2.32. The normalized spacial score (nSPS) is 19.0. The zero-order chi connectivity index (χ0) is 15.3. The summed E-state index contributed by atoms with van der Waals surface area (Å²) in [5, 5.41) is 1.46. The van der Waals surface area contributed by atoms with Gasteiger partial charge in [0.1, 0.15) is 0 Å². The standard InChI is InChI=1S/C21H21Si/c1-14-7-6-10-16(14)21-19-9-5-4-8-17(19)18-12-11-15(22(2)3)13-20(18)21/h4-9,11-12,21-22H,10H2,1-3H3. The fourth-order valence-corrected chi connectivity index (χ4v) is 4.74. The number of allylic oxidation sites excluding steroid dienone is 4. The van der Waals surface area contributed by atoms with Crippen LogP contribution in [0, 0.1) is 6.07 Å². The Labute approximate surface area is 134 Å². The van der Waals surface area contributed by atoms with Gasteiger partial charge in [0.25, 0.3) is 0 Å². The van der Waals surface area contributed by atoms with Crippen molar-refractivity contribution < 1.29 is 0 Å². The van der Waals surface area contributed by atoms with E-state index in [-0.39, 0.29) is 0 Å². The third kappa shape index (κ3) is 1.96. The molecule has 109 valence electrons. The highest BCUT2D eigenvalue weighted by molar-refractivity contribution is 6.70. The van der Waals surface area contributed by atoms with Crippen molar-refractivity contribution in [2.24, 2.45) is 0 Å². The molecule has 2 aromatic rings. The van der Waals surface area contributed by atoms with E-state index in [1.165, 1.54) is 33.0 Å². The molecule has 1 radical (unpaired) electrons. The first-order valence-electron chi connectivity index (χ1n) is 8.18. The van der Waals surface area contributed by atoms with Crippen molar-refractivity contribution in [2.75, 3.05) is 0 Å². The SMILES string of the molecule is CC1=C(C2c3[c]c([SiH](C)C)ccc3-c3ccccc32)CC=C1. The second-order valence-corrected chi connectivity index (χ2v) is 9.66. The Morgan fingerprint density at radius 2 is 1.86 bits per heavy atom. The monoisotopic (exact) mass is 301 g/mol. The van der Waals surface area contributed by atoms with Gasteiger partial charge in [-0.1, -0.05) is 78.0 Å². The molecule has 2 aromatic carbocycles. The fraction of sp³-hybridized carbons (Fsp3) is 0.238. The number of hydrogen-bond donors (Lipinski definition) is 0. The van der Waals surface area contributed by atoms with E-state index in [0.29, 0.717) is 5.92 Å². The molecule has 2 aliphatic rings. The maximum atomic E-state index is 3.82. The molecule has 0 amide bonds. The van der Waals surface area contributed by atoms with E-state index in [0.717, 1.165) is 6.42 Å². The van der Waals surface area contributed by atoms with Gasteiger partial charge in [0, 0.05) is 5.92 Å². The van der Waals surface area contributed by atoms with Crippen LogP contribution in [0.4, 0.5) is 0 Å². The van der Waals surface area contributed by atoms with Gasteiger partial charge in [-0.05, 0) is 41.7 Å². The summed E-state index contributed by atoms with van der Waals surface area (Å²) in [6.45, 7) is 7.02. The second kappa shape index (κ2) is 5.10. The zero-order valence-electron chi connectivity index (χ0n) is 13.5. The lowest BCUT2D eigenvalue weighted by Gasteiger charge is -2.18. The lowest BCUT2D eigenvalue weighted by Crippen LogP contribution is -2.23. The molecular weight excluding hydrogens is 280 g/mol. The summed E-state index contributed by atoms with van der Waals surface area (Å²) in [5.41, 5.74) is 8.68. The Balaban J connectivity index is 1.96. The third-order valence-corrected chi connectivity index (χ3v) is 6.61. The van der Waals surface area contributed by atoms with Crippen LogP contribution in [-0.2, 0) is 0 Å². The molecule has 0 aromatic heterocycles. The third-order valence-electron chi connectivity index (χ3n) is 5.03. The van der Waals surface area contributed by atoms with Gasteiger partial charge >= 0.3 is 0 Å². The molecule has 0 fully saturated rings. The maximum absolute atomic E-state index is 3.82. The number of hydrogen-bond acceptors (Lipinski definition) is 0. The van der Waals surface area contributed by atoms with Gasteiger partial charge in [0.15, 0.2) is 0 Å². The molecule has 0 nitrogen and oxygen atoms in total. The van der Waals surface area contributed by atoms with Gasteiger partial charge in [0.2, 0.25) is 0 Å². The Morgan fingerprint density at radius 1 is 1.05 bits per heavy atom. The summed E-state index contributed by atoms with van der Waals surface area (Å²) in [7, 11) is -0.825. The van der Waals surface area contributed by atoms with Crippen LogP contribution < -0.4 is 5.19 Å². The van der Waals surface area contributed by atoms with Crippen LogP contribution in [0.25, 0.3) is 11.1 Å². The van der Waals surface area contributed by atoms with Crippen molar-refractivity contribution in [3.05, 3.63) is 76.9 Å². The smallest absolute Gasteiger partial charge is 0.0655 e. The summed E-state index contributed by atoms with van der Waals surface area (Å²) in [6, 6.07) is 17.4. The van der Waals surface area contributed by atoms with Gasteiger partial charge < -0.3 is 0 Å². The Bertz CT molecular complexity index is 808. The number of benzene rings is 2. The molecule has 0 bridgehead atoms. The molecule has 0 heterocycles. The van der Waals surface area contributed by atoms with Gasteiger partial charge in [-0.3, -0.25) is 0 Å². The first kappa shape index (κ1) is 13.8. The number of fused-ring (bicyclic) bond motifs is 3. The van der Waals surface area contributed by atoms with Crippen molar-refractivity contribution in [3.63, 3.8) is 0 Å². The van der Waals surface area contributed by atoms with Crippen LogP contribution in [0.2, 0.25) is 13.1 Å². The number of rotatable bonds is 2. The van der Waals surface area contributed by atoms with Crippen LogP contribution >= 0.6 is 0 Å². The molecule has 0 spiro atoms. The zero-order valence-corrected chi connectivity index (χ0v) is 14.6. The minimum Gasteiger partial charge on any atom is -0.0802 e. The largest absolute Gasteiger partial charge is 0.0802 e. The summed E-state index contributed by atoms with van der Waals surface area (Å²) in [6.07, 6.45) is 5.66. The predicted molar refractivity (Wildman–Crippen MR) is 97.5 cm³/mol. The molecule has 2 aliphatic carbocycles. The minimum absolute atomic E-state index is 0.411. The highest BCUT2D eigenvalue weighted by Crippen LogP contribution is 2.49. The summed E-state index contributed by atoms with van der Waals surface area (Å²) in [4.78, 5) is 0. The van der Waals surface area contributed by atoms with Gasteiger partial charge in [0.05, 0.1) is 8.80 Å². The fourth-order valence-electron chi connectivity index (χ4n) is 3.81. The molecule has 0 saturated carbocycles. The molecule has 1 heteroatoms. The lowest BCUT2D eigenvalue weighted by atomic mass is 9.87. The minimum atomic E-state index is -0.825. The molecule has 1 unspecified atom stereocenters. The van der Waals surface area contributed by atoms with Crippen LogP contribution in [0.1, 0.15) is 30.4 Å². The molecule has 0 aliphatic heterocycles. The van der Waals surface area contributed by atoms with Gasteiger partial charge in [-0.25, -0.2) is 0 Å². The van der Waals surface area contributed by atoms with E-state index in [1.807, 2.05) is 0 Å². The summed E-state index contributed by atoms with van der Waals surface area (Å²) >= 11 is 0. The van der Waals surface area contributed by atoms with Crippen molar-refractivity contribution in [3.8, 4) is 11.1 Å². The Morgan fingerprint density at radius 3 is 2.59 bits per heavy atom. The molecule has 1 atom stereocenters. The molecular formula is C21H21Si. The van der Waals surface area contributed by atoms with Crippen LogP contribution in [0.15, 0.2) is 59.7 Å². The predicted octanol–water partition coefficient (Wildman–Crippen LogP) is 4.57. The lowest BCUT2D eigenvalue weighted by molar-refractivity contribution is 0.934. The highest BCUT2D eigenvalue weighted by atomic mass is 28.3. The van der Waals surface area contributed by atoms with Crippen LogP contribution in [-0.4, -0.2) is 8.80 Å². The molecule has 0 N–H and O–H groups in total. The van der Waals surface area contributed by atoms with Gasteiger partial charge in [-0.15, -0.1) is 0 Å². The Hall–Kier alpha value is -1.86. The maximum Gasteiger partial charge on any atom is 0.0655 e. The topological polar surface area (TPSA) is 0 Å². The van der Waals surface area contributed by atoms with Gasteiger partial charge in [-0.2, -0.15) is 0 Å². The van der Waals surface area contributed by atoms with Crippen molar-refractivity contribution in [2.45, 2.75) is 32.4 Å². The first-order chi connectivity index (χ1) is 10.7. The van der Waals surface area contributed by atoms with E-state index in [4.69, 9.17) is 0 Å². The van der Waals surface area contributed by atoms with E-state index < -0.39 is 8.80 Å². The van der Waals surface area contributed by atoms with E-state index in [1.54, 1.807) is 5.57 Å². The van der Waals surface area contributed by atoms with Crippen molar-refractivity contribution in [1.29, 1.82) is 0 Å². The van der Waals surface area contributed by atoms with Crippen molar-refractivity contribution >= 4 is 14.0 Å². The average molecular weight is 301 g/mol. The van der Waals surface area contributed by atoms with E-state index >= 15 is 0 Å². The van der Waals surface area contributed by atoms with Crippen LogP contribution in [0.3, 0.4) is 0 Å². The van der Waals surface area contributed by atoms with Crippen LogP contribution in [0.5, 0.6) is 0 Å².